The molecule has 86 heavy (non-hydrogen) atoms. The molecule has 9 heteroatoms. The summed E-state index contributed by atoms with van der Waals surface area (Å²) >= 11 is 0. The zero-order valence-corrected chi connectivity index (χ0v) is 58.4. The quantitative estimate of drug-likeness (QED) is 0.0243. The van der Waals surface area contributed by atoms with E-state index < -0.39 is 20.0 Å². The molecule has 0 heterocycles. The first-order valence-corrected chi connectivity index (χ1v) is 38.5. The Morgan fingerprint density at radius 2 is 0.698 bits per heavy atom. The third-order valence-corrected chi connectivity index (χ3v) is 17.6. The molecule has 502 valence electrons. The molecule has 3 unspecified atom stereocenters. The molecule has 0 saturated heterocycles. The molecule has 0 spiro atoms. The zero-order chi connectivity index (χ0) is 62.6. The van der Waals surface area contributed by atoms with E-state index in [1.165, 1.54) is 250 Å². The molecule has 8 nitrogen and oxygen atoms in total. The van der Waals surface area contributed by atoms with Crippen molar-refractivity contribution in [3.05, 3.63) is 85.1 Å². The van der Waals surface area contributed by atoms with Crippen molar-refractivity contribution in [1.29, 1.82) is 0 Å². The minimum absolute atomic E-state index is 0.0614. The lowest BCUT2D eigenvalue weighted by molar-refractivity contribution is -0.870. The van der Waals surface area contributed by atoms with E-state index in [9.17, 15) is 19.4 Å². The fourth-order valence-corrected chi connectivity index (χ4v) is 11.7. The topological polar surface area (TPSA) is 105 Å². The molecule has 0 aromatic heterocycles. The lowest BCUT2D eigenvalue weighted by atomic mass is 10.0. The van der Waals surface area contributed by atoms with Gasteiger partial charge in [-0.1, -0.05) is 356 Å². The van der Waals surface area contributed by atoms with Crippen LogP contribution in [0.15, 0.2) is 85.1 Å². The summed E-state index contributed by atoms with van der Waals surface area (Å²) in [6, 6.07) is -0.850. The molecule has 0 fully saturated rings. The third-order valence-electron chi connectivity index (χ3n) is 16.6. The average Bonchev–Trinajstić information content (AvgIpc) is 3.70. The van der Waals surface area contributed by atoms with Crippen molar-refractivity contribution in [3.63, 3.8) is 0 Å². The van der Waals surface area contributed by atoms with Crippen LogP contribution in [0.2, 0.25) is 0 Å². The van der Waals surface area contributed by atoms with Crippen LogP contribution in [0.25, 0.3) is 0 Å². The number of likely N-dealkylation sites (N-methyl/N-ethyl adjacent to an activating group) is 1. The summed E-state index contributed by atoms with van der Waals surface area (Å²) in [7, 11) is 1.58. The summed E-state index contributed by atoms with van der Waals surface area (Å²) in [4.78, 5) is 23.5. The standard InChI is InChI=1S/C77H143N2O6P/c1-6-8-10-12-14-16-18-20-22-24-26-28-30-32-33-34-35-36-37-38-39-40-41-42-43-44-45-47-49-51-53-55-57-59-61-63-65-67-69-71-77(81)78-75(74-85-86(82,83)84-73-72-79(3,4)5)76(80)70-68-66-64-62-60-58-56-54-52-50-48-46-31-29-27-25-23-21-19-17-15-13-11-9-7-2/h8,10,14,16,20,22,26,28,32-33,35-36,68,70,75-76,80H,6-7,9,11-13,15,17-19,21,23-25,27,29-31,34,37-67,69,71-74H2,1-5H3,(H-,78,81,82,83)/p+1/b10-8-,16-14-,22-20-,28-26-,33-32-,36-35-,70-68+. The van der Waals surface area contributed by atoms with Crippen LogP contribution in [-0.4, -0.2) is 73.4 Å². The number of unbranched alkanes of at least 4 members (excludes halogenated alkanes) is 43. The number of phosphoric ester groups is 1. The Morgan fingerprint density at radius 1 is 0.407 bits per heavy atom. The van der Waals surface area contributed by atoms with Crippen molar-refractivity contribution in [2.24, 2.45) is 0 Å². The number of phosphoric acid groups is 1. The molecule has 3 atom stereocenters. The lowest BCUT2D eigenvalue weighted by Gasteiger charge is -2.25. The van der Waals surface area contributed by atoms with Crippen LogP contribution in [0.3, 0.4) is 0 Å². The molecule has 0 saturated carbocycles. The Balaban J connectivity index is 3.99. The normalized spacial score (nSPS) is 14.1. The molecular weight excluding hydrogens is 1080 g/mol. The second-order valence-electron chi connectivity index (χ2n) is 26.3. The predicted octanol–water partition coefficient (Wildman–Crippen LogP) is 23.9. The number of aliphatic hydroxyl groups excluding tert-OH is 1. The monoisotopic (exact) mass is 1220 g/mol. The second-order valence-corrected chi connectivity index (χ2v) is 27.7. The van der Waals surface area contributed by atoms with Gasteiger partial charge in [-0.3, -0.25) is 13.8 Å². The van der Waals surface area contributed by atoms with E-state index >= 15 is 0 Å². The summed E-state index contributed by atoms with van der Waals surface area (Å²) < 4.78 is 23.8. The summed E-state index contributed by atoms with van der Waals surface area (Å²) in [6.07, 6.45) is 96.0. The van der Waals surface area contributed by atoms with E-state index in [2.05, 4.69) is 92.1 Å². The van der Waals surface area contributed by atoms with Crippen molar-refractivity contribution in [3.8, 4) is 0 Å². The van der Waals surface area contributed by atoms with Crippen LogP contribution in [0.5, 0.6) is 0 Å². The molecular formula is C77H144N2O6P+. The van der Waals surface area contributed by atoms with Crippen molar-refractivity contribution >= 4 is 13.7 Å². The maximum atomic E-state index is 13.1. The number of allylic oxidation sites excluding steroid dienone is 13. The lowest BCUT2D eigenvalue weighted by Crippen LogP contribution is -2.45. The molecule has 0 aliphatic heterocycles. The molecule has 3 N–H and O–H groups in total. The molecule has 1 amide bonds. The number of nitrogens with one attached hydrogen (secondary N) is 1. The highest BCUT2D eigenvalue weighted by molar-refractivity contribution is 7.47. The maximum absolute atomic E-state index is 13.1. The highest BCUT2D eigenvalue weighted by atomic mass is 31.2. The Labute approximate surface area is 535 Å². The zero-order valence-electron chi connectivity index (χ0n) is 57.6. The van der Waals surface area contributed by atoms with Gasteiger partial charge in [-0.25, -0.2) is 4.57 Å². The smallest absolute Gasteiger partial charge is 0.387 e. The Bertz CT molecular complexity index is 1680. The van der Waals surface area contributed by atoms with Gasteiger partial charge in [0, 0.05) is 6.42 Å². The van der Waals surface area contributed by atoms with E-state index in [4.69, 9.17) is 9.05 Å². The van der Waals surface area contributed by atoms with Crippen LogP contribution < -0.4 is 5.32 Å². The first-order chi connectivity index (χ1) is 42.0. The van der Waals surface area contributed by atoms with E-state index in [1.54, 1.807) is 6.08 Å². The van der Waals surface area contributed by atoms with Gasteiger partial charge in [-0.2, -0.15) is 0 Å². The minimum Gasteiger partial charge on any atom is -0.387 e. The van der Waals surface area contributed by atoms with Crippen molar-refractivity contribution in [2.75, 3.05) is 40.9 Å². The molecule has 0 bridgehead atoms. The molecule has 0 aliphatic carbocycles. The third kappa shape index (κ3) is 69.2. The van der Waals surface area contributed by atoms with Gasteiger partial charge < -0.3 is 19.8 Å². The van der Waals surface area contributed by atoms with Gasteiger partial charge >= 0.3 is 7.82 Å². The first-order valence-electron chi connectivity index (χ1n) is 37.0. The number of hydrogen-bond acceptors (Lipinski definition) is 5. The van der Waals surface area contributed by atoms with Crippen LogP contribution in [0.4, 0.5) is 0 Å². The van der Waals surface area contributed by atoms with Crippen LogP contribution in [0.1, 0.15) is 348 Å². The van der Waals surface area contributed by atoms with Gasteiger partial charge in [0.25, 0.3) is 0 Å². The molecule has 0 rings (SSSR count). The highest BCUT2D eigenvalue weighted by Crippen LogP contribution is 2.43. The minimum atomic E-state index is -4.36. The van der Waals surface area contributed by atoms with Crippen molar-refractivity contribution in [2.45, 2.75) is 360 Å². The number of rotatable bonds is 68. The van der Waals surface area contributed by atoms with E-state index in [0.717, 1.165) is 77.0 Å². The van der Waals surface area contributed by atoms with Crippen molar-refractivity contribution < 1.29 is 32.9 Å². The Hall–Kier alpha value is -2.32. The fraction of sp³-hybridized carbons (Fsp3) is 0.805. The molecule has 0 radical (unpaired) electrons. The SMILES string of the molecule is CC/C=C\C/C=C\C/C=C\C/C=C\C/C=C\C/C=C\CCCCCCCCCCCCCCCCCCCCCCC(=O)NC(COP(=O)(O)OCC[N+](C)(C)C)C(O)/C=C/CCCCCCCCCCCCCCCCCCCCCCCCC. The van der Waals surface area contributed by atoms with Gasteiger partial charge in [-0.05, 0) is 70.6 Å². The molecule has 0 aromatic carbocycles. The van der Waals surface area contributed by atoms with Crippen LogP contribution in [0, 0.1) is 0 Å². The Morgan fingerprint density at radius 3 is 1.02 bits per heavy atom. The van der Waals surface area contributed by atoms with Gasteiger partial charge in [0.15, 0.2) is 0 Å². The first kappa shape index (κ1) is 83.7. The summed E-state index contributed by atoms with van der Waals surface area (Å²) in [5.41, 5.74) is 0. The number of nitrogens with zero attached hydrogens (tertiary/aromatic N) is 1. The average molecular weight is 1220 g/mol. The summed E-state index contributed by atoms with van der Waals surface area (Å²) in [5, 5.41) is 14.0. The number of amides is 1. The summed E-state index contributed by atoms with van der Waals surface area (Å²) in [5.74, 6) is -0.172. The molecule has 0 aromatic rings. The molecule has 0 aliphatic rings. The number of quaternary nitrogens is 1. The predicted molar refractivity (Wildman–Crippen MR) is 378 cm³/mol. The summed E-state index contributed by atoms with van der Waals surface area (Å²) in [6.45, 7) is 4.75. The van der Waals surface area contributed by atoms with Gasteiger partial charge in [-0.15, -0.1) is 0 Å². The maximum Gasteiger partial charge on any atom is 0.472 e. The largest absolute Gasteiger partial charge is 0.472 e. The number of carbonyl (C=O) groups excluding carboxylic acids is 1. The van der Waals surface area contributed by atoms with Gasteiger partial charge in [0.1, 0.15) is 13.2 Å². The van der Waals surface area contributed by atoms with Crippen molar-refractivity contribution in [1.82, 2.24) is 5.32 Å². The number of hydrogen-bond donors (Lipinski definition) is 3. The Kier molecular flexibility index (Phi) is 65.3. The van der Waals surface area contributed by atoms with Gasteiger partial charge in [0.05, 0.1) is 39.9 Å². The number of carbonyl (C=O) groups is 1. The number of aliphatic hydroxyl groups is 1. The van der Waals surface area contributed by atoms with Crippen LogP contribution in [-0.2, 0) is 18.4 Å². The fourth-order valence-electron chi connectivity index (χ4n) is 10.9. The van der Waals surface area contributed by atoms with E-state index in [0.29, 0.717) is 17.4 Å². The van der Waals surface area contributed by atoms with Gasteiger partial charge in [0.2, 0.25) is 5.91 Å². The van der Waals surface area contributed by atoms with E-state index in [-0.39, 0.29) is 19.1 Å². The second kappa shape index (κ2) is 67.1. The highest BCUT2D eigenvalue weighted by Gasteiger charge is 2.28. The van der Waals surface area contributed by atoms with E-state index in [1.807, 2.05) is 27.2 Å². The van der Waals surface area contributed by atoms with Crippen LogP contribution >= 0.6 is 7.82 Å².